The molecule has 1 atom stereocenters. The normalized spacial score (nSPS) is 12.5. The van der Waals surface area contributed by atoms with E-state index in [1.54, 1.807) is 24.5 Å². The highest BCUT2D eigenvalue weighted by Gasteiger charge is 2.17. The Morgan fingerprint density at radius 1 is 1.30 bits per heavy atom. The van der Waals surface area contributed by atoms with E-state index >= 15 is 0 Å². The molecule has 1 aromatic carbocycles. The van der Waals surface area contributed by atoms with E-state index in [4.69, 9.17) is 0 Å². The van der Waals surface area contributed by atoms with Crippen molar-refractivity contribution in [2.75, 3.05) is 0 Å². The van der Waals surface area contributed by atoms with Crippen molar-refractivity contribution in [3.63, 3.8) is 0 Å². The molecule has 0 bridgehead atoms. The number of aliphatic hydroxyl groups is 1. The van der Waals surface area contributed by atoms with Gasteiger partial charge < -0.3 is 5.11 Å². The van der Waals surface area contributed by atoms with Crippen LogP contribution in [0.4, 0.5) is 4.39 Å². The Morgan fingerprint density at radius 3 is 2.80 bits per heavy atom. The van der Waals surface area contributed by atoms with Crippen molar-refractivity contribution in [2.24, 2.45) is 0 Å². The fraction of sp³-hybridized carbons (Fsp3) is 0.143. The summed E-state index contributed by atoms with van der Waals surface area (Å²) in [6.45, 7) is 0. The molecule has 0 aliphatic rings. The van der Waals surface area contributed by atoms with Gasteiger partial charge in [0.1, 0.15) is 5.82 Å². The quantitative estimate of drug-likeness (QED) is 0.776. The first kappa shape index (κ1) is 13.0. The molecule has 20 heavy (non-hydrogen) atoms. The second-order valence-electron chi connectivity index (χ2n) is 4.35. The fourth-order valence-electron chi connectivity index (χ4n) is 2.03. The van der Waals surface area contributed by atoms with Gasteiger partial charge in [0.15, 0.2) is 0 Å². The average molecular weight is 289 g/mol. The van der Waals surface area contributed by atoms with Crippen LogP contribution in [0.1, 0.15) is 16.7 Å². The zero-order valence-electron chi connectivity index (χ0n) is 10.5. The van der Waals surface area contributed by atoms with E-state index in [9.17, 15) is 9.50 Å². The highest BCUT2D eigenvalue weighted by atomic mass is 32.1. The highest BCUT2D eigenvalue weighted by molar-refractivity contribution is 7.09. The minimum Gasteiger partial charge on any atom is -0.388 e. The number of aliphatic hydroxyl groups excluding tert-OH is 1. The van der Waals surface area contributed by atoms with Crippen LogP contribution < -0.4 is 0 Å². The van der Waals surface area contributed by atoms with E-state index in [1.807, 2.05) is 5.38 Å². The molecule has 3 rings (SSSR count). The Balaban J connectivity index is 1.87. The number of benzene rings is 1. The molecule has 0 fully saturated rings. The van der Waals surface area contributed by atoms with Crippen molar-refractivity contribution in [2.45, 2.75) is 12.5 Å². The van der Waals surface area contributed by atoms with Crippen LogP contribution in [0.25, 0.3) is 11.3 Å². The number of nitrogens with one attached hydrogen (secondary N) is 1. The lowest BCUT2D eigenvalue weighted by Gasteiger charge is -2.09. The first-order valence-electron chi connectivity index (χ1n) is 6.09. The third-order valence-corrected chi connectivity index (χ3v) is 3.81. The number of halogens is 1. The lowest BCUT2D eigenvalue weighted by Crippen LogP contribution is -2.02. The summed E-state index contributed by atoms with van der Waals surface area (Å²) < 4.78 is 13.0. The molecule has 6 heteroatoms. The Kier molecular flexibility index (Phi) is 3.58. The number of aromatic nitrogens is 3. The Bertz CT molecular complexity index is 679. The number of nitrogens with zero attached hydrogens (tertiary/aromatic N) is 2. The van der Waals surface area contributed by atoms with Crippen LogP contribution in [-0.4, -0.2) is 20.3 Å². The second-order valence-corrected chi connectivity index (χ2v) is 5.33. The van der Waals surface area contributed by atoms with E-state index in [-0.39, 0.29) is 5.82 Å². The predicted octanol–water partition coefficient (Wildman–Crippen LogP) is 2.95. The van der Waals surface area contributed by atoms with E-state index in [1.165, 1.54) is 23.5 Å². The van der Waals surface area contributed by atoms with Gasteiger partial charge in [0.2, 0.25) is 0 Å². The third-order valence-electron chi connectivity index (χ3n) is 3.01. The van der Waals surface area contributed by atoms with Gasteiger partial charge in [-0.25, -0.2) is 9.37 Å². The van der Waals surface area contributed by atoms with Crippen molar-refractivity contribution in [3.05, 3.63) is 58.4 Å². The lowest BCUT2D eigenvalue weighted by molar-refractivity contribution is 0.179. The van der Waals surface area contributed by atoms with Crippen molar-refractivity contribution in [3.8, 4) is 11.3 Å². The number of aromatic amines is 1. The zero-order valence-corrected chi connectivity index (χ0v) is 11.3. The maximum absolute atomic E-state index is 13.0. The maximum Gasteiger partial charge on any atom is 0.123 e. The molecular formula is C14H12FN3OS. The number of hydrogen-bond donors (Lipinski definition) is 2. The summed E-state index contributed by atoms with van der Waals surface area (Å²) in [6, 6.07) is 6.07. The van der Waals surface area contributed by atoms with E-state index < -0.39 is 6.10 Å². The Hall–Kier alpha value is -2.05. The average Bonchev–Trinajstić information content (AvgIpc) is 3.10. The van der Waals surface area contributed by atoms with Crippen LogP contribution in [0.5, 0.6) is 0 Å². The first-order chi connectivity index (χ1) is 9.74. The summed E-state index contributed by atoms with van der Waals surface area (Å²) in [5.74, 6) is -0.293. The van der Waals surface area contributed by atoms with E-state index in [0.29, 0.717) is 17.7 Å². The molecule has 0 amide bonds. The molecule has 3 aromatic rings. The minimum atomic E-state index is -0.694. The smallest absolute Gasteiger partial charge is 0.123 e. The molecule has 0 spiro atoms. The second kappa shape index (κ2) is 5.52. The van der Waals surface area contributed by atoms with Gasteiger partial charge in [0.25, 0.3) is 0 Å². The number of H-pyrrole nitrogens is 1. The van der Waals surface area contributed by atoms with Crippen LogP contribution in [0.2, 0.25) is 0 Å². The van der Waals surface area contributed by atoms with Crippen molar-refractivity contribution in [1.29, 1.82) is 0 Å². The van der Waals surface area contributed by atoms with Crippen LogP contribution in [0.3, 0.4) is 0 Å². The Labute approximate surface area is 118 Å². The molecule has 0 saturated carbocycles. The third kappa shape index (κ3) is 2.61. The van der Waals surface area contributed by atoms with Gasteiger partial charge in [0.05, 0.1) is 23.0 Å². The molecular weight excluding hydrogens is 277 g/mol. The molecule has 0 saturated heterocycles. The molecule has 1 unspecified atom stereocenters. The van der Waals surface area contributed by atoms with Crippen LogP contribution in [-0.2, 0) is 6.42 Å². The van der Waals surface area contributed by atoms with Gasteiger partial charge in [-0.1, -0.05) is 0 Å². The van der Waals surface area contributed by atoms with Gasteiger partial charge in [-0.2, -0.15) is 5.10 Å². The van der Waals surface area contributed by atoms with Crippen molar-refractivity contribution in [1.82, 2.24) is 15.2 Å². The molecule has 0 aliphatic heterocycles. The molecule has 2 aromatic heterocycles. The van der Waals surface area contributed by atoms with Crippen LogP contribution >= 0.6 is 11.3 Å². The van der Waals surface area contributed by atoms with Gasteiger partial charge in [-0.3, -0.25) is 5.10 Å². The SMILES string of the molecule is OC(Cc1nccs1)c1cn[nH]c1-c1ccc(F)cc1. The predicted molar refractivity (Wildman–Crippen MR) is 74.8 cm³/mol. The van der Waals surface area contributed by atoms with Gasteiger partial charge in [0, 0.05) is 29.1 Å². The number of thiazole rings is 1. The largest absolute Gasteiger partial charge is 0.388 e. The number of rotatable bonds is 4. The topological polar surface area (TPSA) is 61.8 Å². The van der Waals surface area contributed by atoms with Crippen LogP contribution in [0.15, 0.2) is 42.0 Å². The summed E-state index contributed by atoms with van der Waals surface area (Å²) in [7, 11) is 0. The summed E-state index contributed by atoms with van der Waals surface area (Å²) in [4.78, 5) is 4.16. The van der Waals surface area contributed by atoms with Gasteiger partial charge in [-0.05, 0) is 24.3 Å². The van der Waals surface area contributed by atoms with Crippen LogP contribution in [0, 0.1) is 5.82 Å². The highest BCUT2D eigenvalue weighted by Crippen LogP contribution is 2.28. The first-order valence-corrected chi connectivity index (χ1v) is 6.97. The monoisotopic (exact) mass is 289 g/mol. The maximum atomic E-state index is 13.0. The molecule has 0 radical (unpaired) electrons. The van der Waals surface area contributed by atoms with Crippen molar-refractivity contribution < 1.29 is 9.50 Å². The molecule has 0 aliphatic carbocycles. The fourth-order valence-corrected chi connectivity index (χ4v) is 2.68. The summed E-state index contributed by atoms with van der Waals surface area (Å²) in [5, 5.41) is 19.9. The van der Waals surface area contributed by atoms with Crippen molar-refractivity contribution >= 4 is 11.3 Å². The van der Waals surface area contributed by atoms with E-state index in [2.05, 4.69) is 15.2 Å². The van der Waals surface area contributed by atoms with Gasteiger partial charge >= 0.3 is 0 Å². The molecule has 4 nitrogen and oxygen atoms in total. The lowest BCUT2D eigenvalue weighted by atomic mass is 10.0. The number of hydrogen-bond acceptors (Lipinski definition) is 4. The summed E-state index contributed by atoms with van der Waals surface area (Å²) in [6.07, 6.45) is 3.05. The summed E-state index contributed by atoms with van der Waals surface area (Å²) >= 11 is 1.50. The summed E-state index contributed by atoms with van der Waals surface area (Å²) in [5.41, 5.74) is 2.18. The Morgan fingerprint density at radius 2 is 2.10 bits per heavy atom. The molecule has 2 N–H and O–H groups in total. The standard InChI is InChI=1S/C14H12FN3OS/c15-10-3-1-9(2-4-10)14-11(8-17-18-14)12(19)7-13-16-5-6-20-13/h1-6,8,12,19H,7H2,(H,17,18). The minimum absolute atomic E-state index is 0.293. The molecule has 2 heterocycles. The zero-order chi connectivity index (χ0) is 13.9. The van der Waals surface area contributed by atoms with Gasteiger partial charge in [-0.15, -0.1) is 11.3 Å². The van der Waals surface area contributed by atoms with E-state index in [0.717, 1.165) is 10.6 Å². The molecule has 102 valence electrons.